The van der Waals surface area contributed by atoms with Crippen molar-refractivity contribution in [3.63, 3.8) is 0 Å². The van der Waals surface area contributed by atoms with Crippen molar-refractivity contribution < 1.29 is 9.53 Å². The first kappa shape index (κ1) is 21.8. The SMILES string of the molecule is C=C[C@@H](C)[C@H]1[C@@H](O)CC2C3CC=C4C[C@@H](O[Si](C)(C)C)CC[C@]4(C)C3CC[C@@]21C. The predicted octanol–water partition coefficient (Wildman–Crippen LogP) is 6.58. The van der Waals surface area contributed by atoms with Gasteiger partial charge in [0, 0.05) is 6.10 Å². The third kappa shape index (κ3) is 3.53. The summed E-state index contributed by atoms with van der Waals surface area (Å²) in [6.07, 6.45) is 13.5. The number of aliphatic hydroxyl groups excluding tert-OH is 1. The Kier molecular flexibility index (Phi) is 5.53. The number of hydrogen-bond donors (Lipinski definition) is 1. The third-order valence-electron chi connectivity index (χ3n) is 9.63. The van der Waals surface area contributed by atoms with E-state index in [2.05, 4.69) is 59.1 Å². The summed E-state index contributed by atoms with van der Waals surface area (Å²) >= 11 is 0. The molecule has 29 heavy (non-hydrogen) atoms. The molecular weight excluding hydrogens is 372 g/mol. The van der Waals surface area contributed by atoms with Crippen LogP contribution in [0.5, 0.6) is 0 Å². The van der Waals surface area contributed by atoms with Crippen molar-refractivity contribution in [1.29, 1.82) is 0 Å². The molecule has 9 atom stereocenters. The average Bonchev–Trinajstić information content (AvgIpc) is 2.90. The van der Waals surface area contributed by atoms with Crippen LogP contribution in [0.4, 0.5) is 0 Å². The third-order valence-corrected chi connectivity index (χ3v) is 10.7. The fourth-order valence-corrected chi connectivity index (χ4v) is 9.58. The van der Waals surface area contributed by atoms with Gasteiger partial charge in [-0.05, 0) is 105 Å². The van der Waals surface area contributed by atoms with Gasteiger partial charge in [0.15, 0.2) is 8.32 Å². The van der Waals surface area contributed by atoms with Crippen LogP contribution in [0.2, 0.25) is 19.6 Å². The molecule has 3 saturated carbocycles. The zero-order valence-corrected chi connectivity index (χ0v) is 20.7. The highest BCUT2D eigenvalue weighted by molar-refractivity contribution is 6.69. The molecule has 3 fully saturated rings. The van der Waals surface area contributed by atoms with Gasteiger partial charge in [-0.3, -0.25) is 0 Å². The van der Waals surface area contributed by atoms with Gasteiger partial charge in [-0.15, -0.1) is 6.58 Å². The molecule has 0 bridgehead atoms. The van der Waals surface area contributed by atoms with Crippen LogP contribution in [-0.2, 0) is 4.43 Å². The minimum absolute atomic E-state index is 0.157. The van der Waals surface area contributed by atoms with E-state index in [0.717, 1.165) is 24.7 Å². The van der Waals surface area contributed by atoms with Crippen molar-refractivity contribution >= 4 is 8.32 Å². The maximum absolute atomic E-state index is 11.0. The number of hydrogen-bond acceptors (Lipinski definition) is 2. The lowest BCUT2D eigenvalue weighted by atomic mass is 9.47. The lowest BCUT2D eigenvalue weighted by Crippen LogP contribution is -2.51. The molecule has 0 spiro atoms. The number of allylic oxidation sites excluding steroid dienone is 2. The van der Waals surface area contributed by atoms with Gasteiger partial charge in [0.1, 0.15) is 0 Å². The minimum Gasteiger partial charge on any atom is -0.414 e. The Hall–Kier alpha value is -0.383. The Balaban J connectivity index is 1.58. The summed E-state index contributed by atoms with van der Waals surface area (Å²) in [5.74, 6) is 2.97. The molecule has 0 aliphatic heterocycles. The van der Waals surface area contributed by atoms with Crippen LogP contribution in [0.3, 0.4) is 0 Å². The van der Waals surface area contributed by atoms with Crippen molar-refractivity contribution in [2.45, 2.75) is 97.6 Å². The molecule has 0 saturated heterocycles. The van der Waals surface area contributed by atoms with Gasteiger partial charge in [0.25, 0.3) is 0 Å². The molecule has 2 nitrogen and oxygen atoms in total. The van der Waals surface area contributed by atoms with Crippen LogP contribution >= 0.6 is 0 Å². The van der Waals surface area contributed by atoms with E-state index >= 15 is 0 Å². The molecule has 3 heteroatoms. The molecule has 0 aromatic rings. The maximum Gasteiger partial charge on any atom is 0.184 e. The summed E-state index contributed by atoms with van der Waals surface area (Å²) in [7, 11) is -1.48. The first-order valence-electron chi connectivity index (χ1n) is 12.2. The predicted molar refractivity (Wildman–Crippen MR) is 124 cm³/mol. The summed E-state index contributed by atoms with van der Waals surface area (Å²) in [6, 6.07) is 0. The molecule has 4 aliphatic rings. The van der Waals surface area contributed by atoms with Gasteiger partial charge in [0.05, 0.1) is 6.10 Å². The summed E-state index contributed by atoms with van der Waals surface area (Å²) in [4.78, 5) is 0. The van der Waals surface area contributed by atoms with Crippen molar-refractivity contribution in [1.82, 2.24) is 0 Å². The zero-order chi connectivity index (χ0) is 21.2. The Morgan fingerprint density at radius 2 is 1.93 bits per heavy atom. The Morgan fingerprint density at radius 1 is 1.21 bits per heavy atom. The highest BCUT2D eigenvalue weighted by Crippen LogP contribution is 2.67. The molecule has 0 radical (unpaired) electrons. The van der Waals surface area contributed by atoms with E-state index < -0.39 is 8.32 Å². The molecule has 0 aromatic heterocycles. The van der Waals surface area contributed by atoms with Crippen LogP contribution in [-0.4, -0.2) is 25.6 Å². The molecular formula is C26H44O2Si. The van der Waals surface area contributed by atoms with E-state index in [1.54, 1.807) is 5.57 Å². The van der Waals surface area contributed by atoms with Crippen LogP contribution in [0.1, 0.15) is 65.7 Å². The van der Waals surface area contributed by atoms with Gasteiger partial charge in [-0.2, -0.15) is 0 Å². The number of aliphatic hydroxyl groups is 1. The lowest BCUT2D eigenvalue weighted by Gasteiger charge is -2.58. The zero-order valence-electron chi connectivity index (χ0n) is 19.7. The van der Waals surface area contributed by atoms with Crippen LogP contribution in [0.15, 0.2) is 24.3 Å². The Morgan fingerprint density at radius 3 is 2.59 bits per heavy atom. The summed E-state index contributed by atoms with van der Waals surface area (Å²) in [6.45, 7) is 18.3. The highest BCUT2D eigenvalue weighted by Gasteiger charge is 2.61. The standard InChI is InChI=1S/C26H44O2Si/c1-8-17(2)24-23(27)16-22-20-10-9-18-15-19(28-29(5,6)7)11-13-25(18,3)21(20)12-14-26(22,24)4/h8-9,17,19-24,27H,1,10-16H2,2-7H3/t17-,19+,20?,21?,22?,23+,24+,25+,26+/m1/s1. The molecule has 164 valence electrons. The minimum atomic E-state index is -1.48. The van der Waals surface area contributed by atoms with Gasteiger partial charge in [0.2, 0.25) is 0 Å². The van der Waals surface area contributed by atoms with Crippen LogP contribution in [0.25, 0.3) is 0 Å². The van der Waals surface area contributed by atoms with E-state index in [1.807, 2.05) is 0 Å². The Labute approximate surface area is 180 Å². The monoisotopic (exact) mass is 416 g/mol. The average molecular weight is 417 g/mol. The van der Waals surface area contributed by atoms with Crippen molar-refractivity contribution in [2.24, 2.45) is 40.4 Å². The summed E-state index contributed by atoms with van der Waals surface area (Å²) < 4.78 is 6.52. The smallest absolute Gasteiger partial charge is 0.184 e. The molecule has 4 rings (SSSR count). The fourth-order valence-electron chi connectivity index (χ4n) is 8.38. The quantitative estimate of drug-likeness (QED) is 0.414. The van der Waals surface area contributed by atoms with Crippen molar-refractivity contribution in [3.05, 3.63) is 24.3 Å². The van der Waals surface area contributed by atoms with Crippen LogP contribution in [0, 0.1) is 40.4 Å². The maximum atomic E-state index is 11.0. The van der Waals surface area contributed by atoms with E-state index in [0.29, 0.717) is 29.3 Å². The molecule has 0 heterocycles. The topological polar surface area (TPSA) is 29.5 Å². The Bertz CT molecular complexity index is 679. The van der Waals surface area contributed by atoms with Crippen molar-refractivity contribution in [3.8, 4) is 0 Å². The first-order valence-corrected chi connectivity index (χ1v) is 15.6. The van der Waals surface area contributed by atoms with Gasteiger partial charge < -0.3 is 9.53 Å². The van der Waals surface area contributed by atoms with Gasteiger partial charge >= 0.3 is 0 Å². The normalized spacial score (nSPS) is 48.2. The molecule has 3 unspecified atom stereocenters. The molecule has 0 aromatic carbocycles. The van der Waals surface area contributed by atoms with Gasteiger partial charge in [-0.1, -0.05) is 38.5 Å². The lowest BCUT2D eigenvalue weighted by molar-refractivity contribution is -0.0565. The summed E-state index contributed by atoms with van der Waals surface area (Å²) in [5, 5.41) is 11.0. The second kappa shape index (κ2) is 7.34. The van der Waals surface area contributed by atoms with Gasteiger partial charge in [-0.25, -0.2) is 0 Å². The fraction of sp³-hybridized carbons (Fsp3) is 0.846. The van der Waals surface area contributed by atoms with E-state index in [-0.39, 0.29) is 11.5 Å². The second-order valence-corrected chi connectivity index (χ2v) is 16.8. The number of rotatable bonds is 4. The molecule has 0 amide bonds. The van der Waals surface area contributed by atoms with E-state index in [9.17, 15) is 5.11 Å². The molecule has 4 aliphatic carbocycles. The summed E-state index contributed by atoms with van der Waals surface area (Å²) in [5.41, 5.74) is 2.33. The largest absolute Gasteiger partial charge is 0.414 e. The van der Waals surface area contributed by atoms with Crippen molar-refractivity contribution in [2.75, 3.05) is 0 Å². The highest BCUT2D eigenvalue weighted by atomic mass is 28.4. The number of fused-ring (bicyclic) bond motifs is 5. The van der Waals surface area contributed by atoms with E-state index in [1.165, 1.54) is 32.1 Å². The second-order valence-electron chi connectivity index (χ2n) is 12.3. The van der Waals surface area contributed by atoms with E-state index in [4.69, 9.17) is 4.43 Å². The van der Waals surface area contributed by atoms with Crippen LogP contribution < -0.4 is 0 Å². The molecule has 1 N–H and O–H groups in total. The first-order chi connectivity index (χ1) is 13.5.